The van der Waals surface area contributed by atoms with Gasteiger partial charge in [0, 0.05) is 11.9 Å². The van der Waals surface area contributed by atoms with Crippen molar-refractivity contribution in [3.63, 3.8) is 0 Å². The van der Waals surface area contributed by atoms with Crippen LogP contribution in [0.15, 0.2) is 59.0 Å². The number of hydrogen-bond donors (Lipinski definition) is 1. The molecule has 3 aromatic rings. The van der Waals surface area contributed by atoms with Gasteiger partial charge in [-0.3, -0.25) is 4.79 Å². The number of amides is 1. The third-order valence-electron chi connectivity index (χ3n) is 3.48. The van der Waals surface area contributed by atoms with Crippen molar-refractivity contribution in [2.45, 2.75) is 6.42 Å². The SMILES string of the molecule is COc1cccc(CCNC(=O)c2cc3ccccc3o2)c1. The predicted molar refractivity (Wildman–Crippen MR) is 85.2 cm³/mol. The summed E-state index contributed by atoms with van der Waals surface area (Å²) in [6.07, 6.45) is 0.739. The Balaban J connectivity index is 1.60. The van der Waals surface area contributed by atoms with Crippen molar-refractivity contribution in [1.82, 2.24) is 5.32 Å². The highest BCUT2D eigenvalue weighted by molar-refractivity contribution is 5.96. The molecule has 0 aliphatic carbocycles. The summed E-state index contributed by atoms with van der Waals surface area (Å²) in [6, 6.07) is 17.2. The molecule has 0 unspecified atom stereocenters. The molecular weight excluding hydrogens is 278 g/mol. The number of rotatable bonds is 5. The van der Waals surface area contributed by atoms with Gasteiger partial charge in [-0.05, 0) is 36.2 Å². The minimum atomic E-state index is -0.195. The van der Waals surface area contributed by atoms with Gasteiger partial charge in [-0.1, -0.05) is 30.3 Å². The van der Waals surface area contributed by atoms with Crippen molar-refractivity contribution < 1.29 is 13.9 Å². The second-order valence-corrected chi connectivity index (χ2v) is 5.01. The maximum Gasteiger partial charge on any atom is 0.287 e. The average Bonchev–Trinajstić information content (AvgIpc) is 2.99. The summed E-state index contributed by atoms with van der Waals surface area (Å²) >= 11 is 0. The lowest BCUT2D eigenvalue weighted by Gasteiger charge is -2.05. The molecule has 0 spiro atoms. The smallest absolute Gasteiger partial charge is 0.287 e. The van der Waals surface area contributed by atoms with Crippen LogP contribution in [0.3, 0.4) is 0 Å². The number of hydrogen-bond acceptors (Lipinski definition) is 3. The molecule has 2 aromatic carbocycles. The van der Waals surface area contributed by atoms with E-state index >= 15 is 0 Å². The molecule has 0 radical (unpaired) electrons. The van der Waals surface area contributed by atoms with Crippen LogP contribution in [-0.4, -0.2) is 19.6 Å². The predicted octanol–water partition coefficient (Wildman–Crippen LogP) is 3.41. The molecule has 0 bridgehead atoms. The Morgan fingerprint density at radius 3 is 2.82 bits per heavy atom. The molecule has 0 fully saturated rings. The number of nitrogens with one attached hydrogen (secondary N) is 1. The number of carbonyl (C=O) groups is 1. The monoisotopic (exact) mass is 295 g/mol. The fourth-order valence-corrected chi connectivity index (χ4v) is 2.33. The van der Waals surface area contributed by atoms with Crippen LogP contribution in [0.4, 0.5) is 0 Å². The van der Waals surface area contributed by atoms with Gasteiger partial charge in [0.05, 0.1) is 7.11 Å². The molecule has 3 rings (SSSR count). The van der Waals surface area contributed by atoms with Crippen molar-refractivity contribution in [2.75, 3.05) is 13.7 Å². The number of para-hydroxylation sites is 1. The van der Waals surface area contributed by atoms with Crippen LogP contribution in [-0.2, 0) is 6.42 Å². The summed E-state index contributed by atoms with van der Waals surface area (Å²) in [4.78, 5) is 12.1. The van der Waals surface area contributed by atoms with Gasteiger partial charge in [0.25, 0.3) is 5.91 Å². The Labute approximate surface area is 128 Å². The molecule has 22 heavy (non-hydrogen) atoms. The summed E-state index contributed by atoms with van der Waals surface area (Å²) in [5.41, 5.74) is 1.84. The first kappa shape index (κ1) is 14.2. The van der Waals surface area contributed by atoms with Crippen LogP contribution in [0.25, 0.3) is 11.0 Å². The topological polar surface area (TPSA) is 51.5 Å². The van der Waals surface area contributed by atoms with Crippen LogP contribution in [0.5, 0.6) is 5.75 Å². The lowest BCUT2D eigenvalue weighted by molar-refractivity contribution is 0.0928. The van der Waals surface area contributed by atoms with E-state index in [1.54, 1.807) is 13.2 Å². The van der Waals surface area contributed by atoms with Gasteiger partial charge < -0.3 is 14.5 Å². The van der Waals surface area contributed by atoms with Crippen LogP contribution >= 0.6 is 0 Å². The highest BCUT2D eigenvalue weighted by Gasteiger charge is 2.11. The fourth-order valence-electron chi connectivity index (χ4n) is 2.33. The van der Waals surface area contributed by atoms with Gasteiger partial charge in [0.1, 0.15) is 11.3 Å². The molecule has 1 amide bonds. The number of benzene rings is 2. The molecule has 4 heteroatoms. The highest BCUT2D eigenvalue weighted by atomic mass is 16.5. The Morgan fingerprint density at radius 2 is 2.00 bits per heavy atom. The first-order chi connectivity index (χ1) is 10.8. The molecule has 0 aliphatic rings. The third-order valence-corrected chi connectivity index (χ3v) is 3.48. The van der Waals surface area contributed by atoms with Gasteiger partial charge in [-0.25, -0.2) is 0 Å². The van der Waals surface area contributed by atoms with Crippen LogP contribution in [0.1, 0.15) is 16.1 Å². The molecule has 4 nitrogen and oxygen atoms in total. The molecule has 1 N–H and O–H groups in total. The Morgan fingerprint density at radius 1 is 1.14 bits per heavy atom. The second-order valence-electron chi connectivity index (χ2n) is 5.01. The molecule has 0 atom stereocenters. The number of carbonyl (C=O) groups excluding carboxylic acids is 1. The summed E-state index contributed by atoms with van der Waals surface area (Å²) in [5, 5.41) is 3.80. The summed E-state index contributed by atoms with van der Waals surface area (Å²) < 4.78 is 10.7. The molecule has 0 saturated heterocycles. The lowest BCUT2D eigenvalue weighted by atomic mass is 10.1. The maximum atomic E-state index is 12.1. The lowest BCUT2D eigenvalue weighted by Crippen LogP contribution is -2.25. The minimum Gasteiger partial charge on any atom is -0.497 e. The molecular formula is C18H17NO3. The maximum absolute atomic E-state index is 12.1. The Bertz CT molecular complexity index is 759. The van der Waals surface area contributed by atoms with Crippen LogP contribution in [0, 0.1) is 0 Å². The van der Waals surface area contributed by atoms with E-state index in [4.69, 9.17) is 9.15 Å². The van der Waals surface area contributed by atoms with Crippen molar-refractivity contribution >= 4 is 16.9 Å². The zero-order valence-electron chi connectivity index (χ0n) is 12.3. The fraction of sp³-hybridized carbons (Fsp3) is 0.167. The highest BCUT2D eigenvalue weighted by Crippen LogP contribution is 2.18. The summed E-state index contributed by atoms with van der Waals surface area (Å²) in [7, 11) is 1.64. The Hall–Kier alpha value is -2.75. The summed E-state index contributed by atoms with van der Waals surface area (Å²) in [6.45, 7) is 0.545. The zero-order valence-corrected chi connectivity index (χ0v) is 12.3. The largest absolute Gasteiger partial charge is 0.497 e. The second kappa shape index (κ2) is 6.35. The van der Waals surface area contributed by atoms with E-state index in [0.717, 1.165) is 28.7 Å². The number of ether oxygens (including phenoxy) is 1. The normalized spacial score (nSPS) is 10.6. The van der Waals surface area contributed by atoms with Gasteiger partial charge >= 0.3 is 0 Å². The van der Waals surface area contributed by atoms with E-state index in [0.29, 0.717) is 12.3 Å². The van der Waals surface area contributed by atoms with Crippen molar-refractivity contribution in [1.29, 1.82) is 0 Å². The quantitative estimate of drug-likeness (QED) is 0.784. The minimum absolute atomic E-state index is 0.195. The van der Waals surface area contributed by atoms with Crippen molar-refractivity contribution in [3.8, 4) is 5.75 Å². The molecule has 112 valence electrons. The third kappa shape index (κ3) is 3.11. The Kier molecular flexibility index (Phi) is 4.10. The van der Waals surface area contributed by atoms with Gasteiger partial charge in [0.15, 0.2) is 5.76 Å². The van der Waals surface area contributed by atoms with E-state index in [1.165, 1.54) is 0 Å². The molecule has 1 aromatic heterocycles. The first-order valence-electron chi connectivity index (χ1n) is 7.16. The van der Waals surface area contributed by atoms with Crippen LogP contribution < -0.4 is 10.1 Å². The van der Waals surface area contributed by atoms with Gasteiger partial charge in [-0.15, -0.1) is 0 Å². The van der Waals surface area contributed by atoms with E-state index < -0.39 is 0 Å². The molecule has 0 aliphatic heterocycles. The number of fused-ring (bicyclic) bond motifs is 1. The summed E-state index contributed by atoms with van der Waals surface area (Å²) in [5.74, 6) is 0.965. The van der Waals surface area contributed by atoms with Gasteiger partial charge in [-0.2, -0.15) is 0 Å². The number of methoxy groups -OCH3 is 1. The molecule has 0 saturated carbocycles. The first-order valence-corrected chi connectivity index (χ1v) is 7.16. The standard InChI is InChI=1S/C18H17NO3/c1-21-15-7-4-5-13(11-15)9-10-19-18(20)17-12-14-6-2-3-8-16(14)22-17/h2-8,11-12H,9-10H2,1H3,(H,19,20). The van der Waals surface area contributed by atoms with Crippen LogP contribution in [0.2, 0.25) is 0 Å². The van der Waals surface area contributed by atoms with E-state index in [2.05, 4.69) is 5.32 Å². The van der Waals surface area contributed by atoms with E-state index in [9.17, 15) is 4.79 Å². The average molecular weight is 295 g/mol. The number of furan rings is 1. The van der Waals surface area contributed by atoms with E-state index in [1.807, 2.05) is 48.5 Å². The van der Waals surface area contributed by atoms with Crippen molar-refractivity contribution in [3.05, 3.63) is 65.9 Å². The van der Waals surface area contributed by atoms with E-state index in [-0.39, 0.29) is 5.91 Å². The zero-order chi connectivity index (χ0) is 15.4. The van der Waals surface area contributed by atoms with Crippen molar-refractivity contribution in [2.24, 2.45) is 0 Å². The van der Waals surface area contributed by atoms with Gasteiger partial charge in [0.2, 0.25) is 0 Å². The molecule has 1 heterocycles.